The van der Waals surface area contributed by atoms with Crippen LogP contribution in [0.1, 0.15) is 18.1 Å². The first-order valence-corrected chi connectivity index (χ1v) is 7.43. The number of carbonyl (C=O) groups excluding carboxylic acids is 2. The normalized spacial score (nSPS) is 10.2. The van der Waals surface area contributed by atoms with Gasteiger partial charge in [-0.3, -0.25) is 9.59 Å². The predicted molar refractivity (Wildman–Crippen MR) is 90.7 cm³/mol. The largest absolute Gasteiger partial charge is 0.483 e. The van der Waals surface area contributed by atoms with E-state index in [4.69, 9.17) is 4.74 Å². The minimum atomic E-state index is -0.593. The highest BCUT2D eigenvalue weighted by atomic mass is 19.1. The molecule has 5 nitrogen and oxygen atoms in total. The Labute approximate surface area is 139 Å². The van der Waals surface area contributed by atoms with Crippen molar-refractivity contribution in [1.82, 2.24) is 0 Å². The number of hydrogen-bond donors (Lipinski definition) is 2. The van der Waals surface area contributed by atoms with Crippen LogP contribution in [0.2, 0.25) is 0 Å². The third kappa shape index (κ3) is 4.55. The molecule has 0 spiro atoms. The van der Waals surface area contributed by atoms with E-state index in [1.807, 2.05) is 32.0 Å². The number of halogens is 1. The molecular weight excluding hydrogens is 311 g/mol. The second-order valence-corrected chi connectivity index (χ2v) is 5.43. The molecule has 2 N–H and O–H groups in total. The summed E-state index contributed by atoms with van der Waals surface area (Å²) in [4.78, 5) is 23.0. The van der Waals surface area contributed by atoms with E-state index < -0.39 is 11.7 Å². The maximum absolute atomic E-state index is 13.8. The zero-order valence-corrected chi connectivity index (χ0v) is 13.8. The minimum Gasteiger partial charge on any atom is -0.483 e. The molecule has 0 aliphatic rings. The average Bonchev–Trinajstić information content (AvgIpc) is 2.49. The molecule has 0 unspecified atom stereocenters. The molecule has 0 radical (unpaired) electrons. The minimum absolute atomic E-state index is 0.0173. The summed E-state index contributed by atoms with van der Waals surface area (Å²) in [6.45, 7) is 4.88. The van der Waals surface area contributed by atoms with Crippen LogP contribution in [0.3, 0.4) is 0 Å². The molecule has 126 valence electrons. The lowest BCUT2D eigenvalue weighted by atomic mass is 10.1. The highest BCUT2D eigenvalue weighted by Crippen LogP contribution is 2.23. The van der Waals surface area contributed by atoms with Crippen molar-refractivity contribution >= 4 is 23.2 Å². The second kappa shape index (κ2) is 7.59. The van der Waals surface area contributed by atoms with Gasteiger partial charge in [-0.15, -0.1) is 0 Å². The van der Waals surface area contributed by atoms with Crippen molar-refractivity contribution in [2.75, 3.05) is 17.2 Å². The fraction of sp³-hybridized carbons (Fsp3) is 0.222. The van der Waals surface area contributed by atoms with E-state index in [2.05, 4.69) is 10.6 Å². The molecule has 0 aliphatic carbocycles. The van der Waals surface area contributed by atoms with Gasteiger partial charge in [0.2, 0.25) is 5.91 Å². The quantitative estimate of drug-likeness (QED) is 0.883. The number of nitrogens with one attached hydrogen (secondary N) is 2. The van der Waals surface area contributed by atoms with Crippen molar-refractivity contribution in [3.05, 3.63) is 53.3 Å². The van der Waals surface area contributed by atoms with Crippen LogP contribution in [0.5, 0.6) is 5.75 Å². The van der Waals surface area contributed by atoms with Gasteiger partial charge >= 0.3 is 0 Å². The lowest BCUT2D eigenvalue weighted by Crippen LogP contribution is -2.21. The Hall–Kier alpha value is -2.89. The highest BCUT2D eigenvalue weighted by Gasteiger charge is 2.11. The Bertz CT molecular complexity index is 755. The molecular formula is C18H19FN2O3. The van der Waals surface area contributed by atoms with E-state index in [1.54, 1.807) is 0 Å². The summed E-state index contributed by atoms with van der Waals surface area (Å²) >= 11 is 0. The van der Waals surface area contributed by atoms with Crippen LogP contribution >= 0.6 is 0 Å². The van der Waals surface area contributed by atoms with Gasteiger partial charge in [0.05, 0.1) is 5.69 Å². The molecule has 0 saturated heterocycles. The molecule has 2 aromatic carbocycles. The van der Waals surface area contributed by atoms with Gasteiger partial charge in [0.15, 0.2) is 6.61 Å². The first-order chi connectivity index (χ1) is 11.4. The molecule has 0 heterocycles. The number of para-hydroxylation sites is 1. The van der Waals surface area contributed by atoms with Crippen molar-refractivity contribution < 1.29 is 18.7 Å². The topological polar surface area (TPSA) is 67.4 Å². The second-order valence-electron chi connectivity index (χ2n) is 5.43. The molecule has 2 aromatic rings. The fourth-order valence-corrected chi connectivity index (χ4v) is 2.25. The van der Waals surface area contributed by atoms with Gasteiger partial charge in [0, 0.05) is 12.6 Å². The molecule has 2 amide bonds. The van der Waals surface area contributed by atoms with Gasteiger partial charge in [-0.05, 0) is 43.2 Å². The fourth-order valence-electron chi connectivity index (χ4n) is 2.25. The first kappa shape index (κ1) is 17.5. The van der Waals surface area contributed by atoms with E-state index in [0.29, 0.717) is 11.4 Å². The standard InChI is InChI=1S/C18H19FN2O3/c1-11-5-4-6-12(2)18(11)24-10-17(23)21-16-9-14(20-13(3)22)7-8-15(16)19/h4-9H,10H2,1-3H3,(H,20,22)(H,21,23). The summed E-state index contributed by atoms with van der Waals surface area (Å²) in [6.07, 6.45) is 0. The summed E-state index contributed by atoms with van der Waals surface area (Å²) < 4.78 is 19.3. The summed E-state index contributed by atoms with van der Waals surface area (Å²) in [6, 6.07) is 9.62. The van der Waals surface area contributed by atoms with E-state index in [9.17, 15) is 14.0 Å². The summed E-state index contributed by atoms with van der Waals surface area (Å²) in [5.41, 5.74) is 2.22. The van der Waals surface area contributed by atoms with Gasteiger partial charge < -0.3 is 15.4 Å². The molecule has 0 atom stereocenters. The van der Waals surface area contributed by atoms with Crippen molar-refractivity contribution in [3.63, 3.8) is 0 Å². The zero-order chi connectivity index (χ0) is 17.7. The number of carbonyl (C=O) groups is 2. The van der Waals surface area contributed by atoms with Gasteiger partial charge in [0.1, 0.15) is 11.6 Å². The molecule has 24 heavy (non-hydrogen) atoms. The first-order valence-electron chi connectivity index (χ1n) is 7.43. The Morgan fingerprint density at radius 3 is 2.38 bits per heavy atom. The number of anilines is 2. The van der Waals surface area contributed by atoms with Crippen LogP contribution in [0.25, 0.3) is 0 Å². The number of rotatable bonds is 5. The van der Waals surface area contributed by atoms with Crippen molar-refractivity contribution in [2.24, 2.45) is 0 Å². The van der Waals surface area contributed by atoms with Crippen LogP contribution in [-0.4, -0.2) is 18.4 Å². The van der Waals surface area contributed by atoms with Gasteiger partial charge in [-0.1, -0.05) is 18.2 Å². The summed E-state index contributed by atoms with van der Waals surface area (Å²) in [5, 5.41) is 4.97. The van der Waals surface area contributed by atoms with Crippen molar-refractivity contribution in [2.45, 2.75) is 20.8 Å². The molecule has 0 bridgehead atoms. The number of benzene rings is 2. The Kier molecular flexibility index (Phi) is 5.52. The maximum Gasteiger partial charge on any atom is 0.262 e. The molecule has 0 aromatic heterocycles. The summed E-state index contributed by atoms with van der Waals surface area (Å²) in [7, 11) is 0. The lowest BCUT2D eigenvalue weighted by molar-refractivity contribution is -0.118. The maximum atomic E-state index is 13.8. The monoisotopic (exact) mass is 330 g/mol. The smallest absolute Gasteiger partial charge is 0.262 e. The highest BCUT2D eigenvalue weighted by molar-refractivity contribution is 5.94. The molecule has 2 rings (SSSR count). The average molecular weight is 330 g/mol. The van der Waals surface area contributed by atoms with Crippen LogP contribution in [0, 0.1) is 19.7 Å². The predicted octanol–water partition coefficient (Wildman–Crippen LogP) is 3.42. The third-order valence-electron chi connectivity index (χ3n) is 3.32. The Balaban J connectivity index is 2.03. The van der Waals surface area contributed by atoms with E-state index in [1.165, 1.54) is 25.1 Å². The van der Waals surface area contributed by atoms with Crippen molar-refractivity contribution in [1.29, 1.82) is 0 Å². The third-order valence-corrected chi connectivity index (χ3v) is 3.32. The van der Waals surface area contributed by atoms with Gasteiger partial charge in [0.25, 0.3) is 5.91 Å². The van der Waals surface area contributed by atoms with Crippen molar-refractivity contribution in [3.8, 4) is 5.75 Å². The number of amides is 2. The Morgan fingerprint density at radius 2 is 1.75 bits per heavy atom. The van der Waals surface area contributed by atoms with Crippen LogP contribution in [0.4, 0.5) is 15.8 Å². The molecule has 0 fully saturated rings. The number of ether oxygens (including phenoxy) is 1. The zero-order valence-electron chi connectivity index (χ0n) is 13.8. The summed E-state index contributed by atoms with van der Waals surface area (Å²) in [5.74, 6) is -0.724. The van der Waals surface area contributed by atoms with Gasteiger partial charge in [-0.2, -0.15) is 0 Å². The van der Waals surface area contributed by atoms with Crippen LogP contribution < -0.4 is 15.4 Å². The van der Waals surface area contributed by atoms with Crippen LogP contribution in [0.15, 0.2) is 36.4 Å². The number of aryl methyl sites for hydroxylation is 2. The van der Waals surface area contributed by atoms with E-state index in [-0.39, 0.29) is 18.2 Å². The van der Waals surface area contributed by atoms with Crippen LogP contribution in [-0.2, 0) is 9.59 Å². The van der Waals surface area contributed by atoms with E-state index in [0.717, 1.165) is 11.1 Å². The molecule has 0 aliphatic heterocycles. The SMILES string of the molecule is CC(=O)Nc1ccc(F)c(NC(=O)COc2c(C)cccc2C)c1. The molecule has 6 heteroatoms. The van der Waals surface area contributed by atoms with Gasteiger partial charge in [-0.25, -0.2) is 4.39 Å². The number of hydrogen-bond acceptors (Lipinski definition) is 3. The Morgan fingerprint density at radius 1 is 1.08 bits per heavy atom. The molecule has 0 saturated carbocycles. The lowest BCUT2D eigenvalue weighted by Gasteiger charge is -2.13. The van der Waals surface area contributed by atoms with E-state index >= 15 is 0 Å².